The summed E-state index contributed by atoms with van der Waals surface area (Å²) in [5.74, 6) is 0. The fourth-order valence-corrected chi connectivity index (χ4v) is 3.80. The number of aromatic nitrogens is 2. The van der Waals surface area contributed by atoms with Crippen molar-refractivity contribution in [3.63, 3.8) is 0 Å². The maximum absolute atomic E-state index is 12.5. The van der Waals surface area contributed by atoms with Gasteiger partial charge in [-0.1, -0.05) is 24.3 Å². The maximum atomic E-state index is 12.5. The maximum Gasteiger partial charge on any atom is 0.273 e. The van der Waals surface area contributed by atoms with E-state index >= 15 is 0 Å². The second-order valence-electron chi connectivity index (χ2n) is 5.61. The van der Waals surface area contributed by atoms with Crippen LogP contribution in [-0.4, -0.2) is 23.1 Å². The Morgan fingerprint density at radius 2 is 1.88 bits per heavy atom. The van der Waals surface area contributed by atoms with Gasteiger partial charge in [0.25, 0.3) is 5.69 Å². The van der Waals surface area contributed by atoms with Crippen LogP contribution in [0.1, 0.15) is 11.1 Å². The number of nitrogens with one attached hydrogen (secondary N) is 1. The summed E-state index contributed by atoms with van der Waals surface area (Å²) in [6.07, 6.45) is 3.29. The molecule has 0 radical (unpaired) electrons. The number of benzene rings is 2. The van der Waals surface area contributed by atoms with E-state index in [0.29, 0.717) is 5.56 Å². The lowest BCUT2D eigenvalue weighted by atomic mass is 10.2. The zero-order valence-corrected chi connectivity index (χ0v) is 14.7. The zero-order chi connectivity index (χ0) is 18.7. The molecule has 2 aromatic carbocycles. The minimum absolute atomic E-state index is 0.0251. The quantitative estimate of drug-likeness (QED) is 0.528. The summed E-state index contributed by atoms with van der Waals surface area (Å²) in [6, 6.07) is 13.4. The molecule has 9 heteroatoms. The first kappa shape index (κ1) is 17.8. The number of nitro benzene ring substituents is 1. The highest BCUT2D eigenvalue weighted by atomic mass is 32.2. The molecule has 0 aliphatic rings. The van der Waals surface area contributed by atoms with E-state index in [1.54, 1.807) is 17.1 Å². The summed E-state index contributed by atoms with van der Waals surface area (Å²) in [4.78, 5) is 10.3. The molecule has 0 spiro atoms. The second kappa shape index (κ2) is 7.06. The van der Waals surface area contributed by atoms with Gasteiger partial charge in [-0.3, -0.25) is 10.1 Å². The summed E-state index contributed by atoms with van der Waals surface area (Å²) in [5, 5.41) is 15.2. The molecule has 0 atom stereocenters. The summed E-state index contributed by atoms with van der Waals surface area (Å²) >= 11 is 0. The summed E-state index contributed by atoms with van der Waals surface area (Å²) in [6.45, 7) is 1.44. The zero-order valence-electron chi connectivity index (χ0n) is 13.9. The van der Waals surface area contributed by atoms with E-state index in [0.717, 1.165) is 5.69 Å². The first-order valence-electron chi connectivity index (χ1n) is 7.71. The summed E-state index contributed by atoms with van der Waals surface area (Å²) in [7, 11) is -3.89. The van der Waals surface area contributed by atoms with E-state index in [9.17, 15) is 18.5 Å². The number of sulfonamides is 1. The van der Waals surface area contributed by atoms with Crippen molar-refractivity contribution in [1.29, 1.82) is 0 Å². The Morgan fingerprint density at radius 3 is 2.58 bits per heavy atom. The van der Waals surface area contributed by atoms with Crippen LogP contribution in [-0.2, 0) is 16.6 Å². The van der Waals surface area contributed by atoms with E-state index < -0.39 is 14.9 Å². The van der Waals surface area contributed by atoms with Crippen LogP contribution >= 0.6 is 0 Å². The van der Waals surface area contributed by atoms with Crippen molar-refractivity contribution < 1.29 is 13.3 Å². The van der Waals surface area contributed by atoms with Gasteiger partial charge in [0.2, 0.25) is 10.0 Å². The molecule has 26 heavy (non-hydrogen) atoms. The van der Waals surface area contributed by atoms with Gasteiger partial charge < -0.3 is 0 Å². The number of hydrogen-bond acceptors (Lipinski definition) is 5. The highest BCUT2D eigenvalue weighted by molar-refractivity contribution is 7.89. The molecule has 0 unspecified atom stereocenters. The Morgan fingerprint density at radius 1 is 1.15 bits per heavy atom. The SMILES string of the molecule is Cc1c([N+](=O)[O-])cccc1S(=O)(=O)NCc1cnn(-c2ccccc2)c1. The van der Waals surface area contributed by atoms with E-state index in [1.807, 2.05) is 30.3 Å². The molecule has 134 valence electrons. The van der Waals surface area contributed by atoms with Crippen LogP contribution in [0.4, 0.5) is 5.69 Å². The fraction of sp³-hybridized carbons (Fsp3) is 0.118. The van der Waals surface area contributed by atoms with E-state index in [4.69, 9.17) is 0 Å². The van der Waals surface area contributed by atoms with E-state index in [1.165, 1.54) is 25.1 Å². The number of para-hydroxylation sites is 1. The average Bonchev–Trinajstić information content (AvgIpc) is 3.10. The molecule has 3 aromatic rings. The predicted molar refractivity (Wildman–Crippen MR) is 95.4 cm³/mol. The topological polar surface area (TPSA) is 107 Å². The van der Waals surface area contributed by atoms with Gasteiger partial charge >= 0.3 is 0 Å². The molecule has 0 saturated heterocycles. The Kier molecular flexibility index (Phi) is 4.83. The fourth-order valence-electron chi connectivity index (χ4n) is 2.52. The highest BCUT2D eigenvalue weighted by Gasteiger charge is 2.22. The van der Waals surface area contributed by atoms with Crippen LogP contribution in [0.15, 0.2) is 65.8 Å². The molecule has 0 bridgehead atoms. The second-order valence-corrected chi connectivity index (χ2v) is 7.35. The normalized spacial score (nSPS) is 11.4. The van der Waals surface area contributed by atoms with Crippen LogP contribution in [0, 0.1) is 17.0 Å². The Hall–Kier alpha value is -3.04. The van der Waals surface area contributed by atoms with Crippen molar-refractivity contribution in [2.75, 3.05) is 0 Å². The van der Waals surface area contributed by atoms with Crippen molar-refractivity contribution in [2.24, 2.45) is 0 Å². The molecule has 0 aliphatic heterocycles. The molecule has 8 nitrogen and oxygen atoms in total. The van der Waals surface area contributed by atoms with Crippen molar-refractivity contribution in [1.82, 2.24) is 14.5 Å². The van der Waals surface area contributed by atoms with Crippen molar-refractivity contribution in [3.05, 3.63) is 82.2 Å². The smallest absolute Gasteiger partial charge is 0.258 e. The molecule has 3 rings (SSSR count). The Bertz CT molecular complexity index is 1050. The Labute approximate surface area is 150 Å². The van der Waals surface area contributed by atoms with Crippen molar-refractivity contribution in [3.8, 4) is 5.69 Å². The van der Waals surface area contributed by atoms with Crippen LogP contribution in [0.25, 0.3) is 5.69 Å². The third-order valence-corrected chi connectivity index (χ3v) is 5.41. The lowest BCUT2D eigenvalue weighted by molar-refractivity contribution is -0.385. The van der Waals surface area contributed by atoms with Crippen LogP contribution in [0.5, 0.6) is 0 Å². The molecular formula is C17H16N4O4S. The van der Waals surface area contributed by atoms with Gasteiger partial charge in [-0.25, -0.2) is 17.8 Å². The van der Waals surface area contributed by atoms with Gasteiger partial charge in [0.1, 0.15) is 0 Å². The number of hydrogen-bond donors (Lipinski definition) is 1. The minimum atomic E-state index is -3.89. The highest BCUT2D eigenvalue weighted by Crippen LogP contribution is 2.24. The van der Waals surface area contributed by atoms with E-state index in [-0.39, 0.29) is 22.7 Å². The van der Waals surface area contributed by atoms with Gasteiger partial charge in [0.15, 0.2) is 0 Å². The van der Waals surface area contributed by atoms with Crippen LogP contribution in [0.3, 0.4) is 0 Å². The van der Waals surface area contributed by atoms with E-state index in [2.05, 4.69) is 9.82 Å². The van der Waals surface area contributed by atoms with Crippen LogP contribution in [0.2, 0.25) is 0 Å². The van der Waals surface area contributed by atoms with Crippen LogP contribution < -0.4 is 4.72 Å². The van der Waals surface area contributed by atoms with Gasteiger partial charge in [0, 0.05) is 29.9 Å². The minimum Gasteiger partial charge on any atom is -0.258 e. The van der Waals surface area contributed by atoms with Crippen molar-refractivity contribution in [2.45, 2.75) is 18.4 Å². The van der Waals surface area contributed by atoms with Crippen molar-refractivity contribution >= 4 is 15.7 Å². The predicted octanol–water partition coefficient (Wildman–Crippen LogP) is 2.57. The first-order valence-corrected chi connectivity index (χ1v) is 9.19. The molecule has 1 aromatic heterocycles. The number of nitrogens with zero attached hydrogens (tertiary/aromatic N) is 3. The lowest BCUT2D eigenvalue weighted by Gasteiger charge is -2.08. The largest absolute Gasteiger partial charge is 0.273 e. The molecule has 1 N–H and O–H groups in total. The van der Waals surface area contributed by atoms with Gasteiger partial charge in [-0.15, -0.1) is 0 Å². The molecule has 0 amide bonds. The van der Waals surface area contributed by atoms with Gasteiger partial charge in [-0.05, 0) is 25.1 Å². The molecule has 0 aliphatic carbocycles. The number of nitro groups is 1. The third-order valence-electron chi connectivity index (χ3n) is 3.86. The molecular weight excluding hydrogens is 356 g/mol. The lowest BCUT2D eigenvalue weighted by Crippen LogP contribution is -2.24. The molecule has 0 saturated carbocycles. The summed E-state index contributed by atoms with van der Waals surface area (Å²) < 4.78 is 29.1. The van der Waals surface area contributed by atoms with Gasteiger partial charge in [0.05, 0.1) is 21.7 Å². The third kappa shape index (κ3) is 3.63. The first-order chi connectivity index (χ1) is 12.4. The monoisotopic (exact) mass is 372 g/mol. The van der Waals surface area contributed by atoms with Gasteiger partial charge in [-0.2, -0.15) is 5.10 Å². The molecule has 0 fully saturated rings. The Balaban J connectivity index is 1.79. The summed E-state index contributed by atoms with van der Waals surface area (Å²) in [5.41, 5.74) is 1.39. The standard InChI is InChI=1S/C17H16N4O4S/c1-13-16(21(22)23)8-5-9-17(13)26(24,25)19-11-14-10-18-20(12-14)15-6-3-2-4-7-15/h2-10,12,19H,11H2,1H3. The average molecular weight is 372 g/mol. The molecule has 1 heterocycles. The number of rotatable bonds is 6.